The van der Waals surface area contributed by atoms with E-state index < -0.39 is 5.41 Å². The van der Waals surface area contributed by atoms with Crippen LogP contribution in [-0.4, -0.2) is 4.57 Å². The van der Waals surface area contributed by atoms with Crippen molar-refractivity contribution in [1.82, 2.24) is 4.57 Å². The average Bonchev–Trinajstić information content (AvgIpc) is 3.83. The maximum absolute atomic E-state index is 2.53. The molecule has 1 atom stereocenters. The quantitative estimate of drug-likeness (QED) is 0.169. The third-order valence-electron chi connectivity index (χ3n) is 13.4. The Balaban J connectivity index is 1.09. The first kappa shape index (κ1) is 34.0. The van der Waals surface area contributed by atoms with Gasteiger partial charge in [-0.1, -0.05) is 182 Å². The number of aromatic nitrogens is 1. The van der Waals surface area contributed by atoms with Crippen molar-refractivity contribution in [2.75, 3.05) is 4.90 Å². The van der Waals surface area contributed by atoms with Gasteiger partial charge in [-0.3, -0.25) is 0 Å². The van der Waals surface area contributed by atoms with E-state index in [0.29, 0.717) is 0 Å². The van der Waals surface area contributed by atoms with E-state index in [-0.39, 0.29) is 0 Å². The zero-order valence-corrected chi connectivity index (χ0v) is 33.3. The van der Waals surface area contributed by atoms with E-state index in [9.17, 15) is 0 Å². The highest BCUT2D eigenvalue weighted by Crippen LogP contribution is 2.62. The molecule has 1 unspecified atom stereocenters. The highest BCUT2D eigenvalue weighted by atomic mass is 15.1. The van der Waals surface area contributed by atoms with E-state index in [0.717, 1.165) is 17.1 Å². The number of benzene rings is 10. The fraction of sp³-hybridized carbons (Fsp3) is 0.0169. The van der Waals surface area contributed by atoms with E-state index in [1.807, 2.05) is 0 Å². The normalized spacial score (nSPS) is 14.6. The van der Waals surface area contributed by atoms with Crippen LogP contribution in [0.4, 0.5) is 17.1 Å². The van der Waals surface area contributed by atoms with E-state index in [4.69, 9.17) is 0 Å². The molecule has 1 spiro atoms. The first-order chi connectivity index (χ1) is 30.3. The largest absolute Gasteiger partial charge is 0.310 e. The topological polar surface area (TPSA) is 8.17 Å². The lowest BCUT2D eigenvalue weighted by Gasteiger charge is -2.39. The molecule has 0 N–H and O–H groups in total. The molecule has 2 heteroatoms. The zero-order chi connectivity index (χ0) is 40.1. The molecule has 0 radical (unpaired) electrons. The third-order valence-corrected chi connectivity index (χ3v) is 13.4. The van der Waals surface area contributed by atoms with Crippen LogP contribution in [0.3, 0.4) is 0 Å². The van der Waals surface area contributed by atoms with Gasteiger partial charge >= 0.3 is 0 Å². The number of fused-ring (bicyclic) bond motifs is 14. The van der Waals surface area contributed by atoms with Gasteiger partial charge in [-0.05, 0) is 109 Å². The van der Waals surface area contributed by atoms with Crippen molar-refractivity contribution in [3.05, 3.63) is 253 Å². The number of hydrogen-bond donors (Lipinski definition) is 0. The summed E-state index contributed by atoms with van der Waals surface area (Å²) in [5, 5.41) is 5.11. The molecule has 2 aliphatic rings. The number of nitrogens with zero attached hydrogens (tertiary/aromatic N) is 2. The fourth-order valence-corrected chi connectivity index (χ4v) is 10.9. The molecule has 61 heavy (non-hydrogen) atoms. The van der Waals surface area contributed by atoms with Crippen molar-refractivity contribution in [1.29, 1.82) is 0 Å². The van der Waals surface area contributed by atoms with Crippen LogP contribution in [-0.2, 0) is 5.41 Å². The molecule has 13 rings (SSSR count). The molecule has 284 valence electrons. The number of hydrogen-bond acceptors (Lipinski definition) is 1. The number of anilines is 3. The van der Waals surface area contributed by atoms with Crippen LogP contribution in [0.25, 0.3) is 71.6 Å². The summed E-state index contributed by atoms with van der Waals surface area (Å²) in [6.45, 7) is 0. The monoisotopic (exact) mass is 774 g/mol. The smallest absolute Gasteiger partial charge is 0.0754 e. The van der Waals surface area contributed by atoms with Gasteiger partial charge in [-0.2, -0.15) is 0 Å². The molecule has 1 aromatic heterocycles. The van der Waals surface area contributed by atoms with Crippen LogP contribution in [0, 0.1) is 0 Å². The van der Waals surface area contributed by atoms with Crippen LogP contribution in [0.2, 0.25) is 0 Å². The lowest BCUT2D eigenvalue weighted by atomic mass is 9.65. The van der Waals surface area contributed by atoms with E-state index in [1.165, 1.54) is 93.9 Å². The summed E-state index contributed by atoms with van der Waals surface area (Å²) in [5.41, 5.74) is 19.2. The van der Waals surface area contributed by atoms with E-state index in [1.54, 1.807) is 0 Å². The summed E-state index contributed by atoms with van der Waals surface area (Å²) in [4.78, 5) is 2.41. The van der Waals surface area contributed by atoms with Gasteiger partial charge in [0.25, 0.3) is 0 Å². The Morgan fingerprint density at radius 3 is 1.87 bits per heavy atom. The summed E-state index contributed by atoms with van der Waals surface area (Å²) in [6, 6.07) is 85.3. The van der Waals surface area contributed by atoms with Crippen LogP contribution in [0.1, 0.15) is 22.3 Å². The fourth-order valence-electron chi connectivity index (χ4n) is 10.9. The van der Waals surface area contributed by atoms with Crippen LogP contribution in [0.5, 0.6) is 0 Å². The summed E-state index contributed by atoms with van der Waals surface area (Å²) in [6.07, 6.45) is 0. The van der Waals surface area contributed by atoms with Gasteiger partial charge in [0.05, 0.1) is 27.8 Å². The molecule has 11 aromatic rings. The molecule has 10 aromatic carbocycles. The molecule has 0 bridgehead atoms. The maximum Gasteiger partial charge on any atom is 0.0754 e. The zero-order valence-electron chi connectivity index (χ0n) is 33.3. The van der Waals surface area contributed by atoms with Gasteiger partial charge in [0.2, 0.25) is 0 Å². The van der Waals surface area contributed by atoms with E-state index in [2.05, 4.69) is 240 Å². The summed E-state index contributed by atoms with van der Waals surface area (Å²) in [5.74, 6) is 0. The van der Waals surface area contributed by atoms with Gasteiger partial charge in [0.15, 0.2) is 0 Å². The van der Waals surface area contributed by atoms with Crippen LogP contribution >= 0.6 is 0 Å². The Morgan fingerprint density at radius 1 is 0.361 bits per heavy atom. The molecule has 0 amide bonds. The molecule has 2 heterocycles. The SMILES string of the molecule is c1ccc(-c2ccc(N(c3ccccc3)c3ccccc3-c3ccc4c(c3)C3(c5ccccc5-n5c6ccccc6c6cccc3c65)c3ccc5ccccc5c3-4)cc2)cc1. The highest BCUT2D eigenvalue weighted by molar-refractivity contribution is 6.14. The van der Waals surface area contributed by atoms with Crippen molar-refractivity contribution in [3.8, 4) is 39.1 Å². The molecule has 1 aliphatic heterocycles. The second-order valence-corrected chi connectivity index (χ2v) is 16.4. The Labute approximate surface area is 354 Å². The number of rotatable bonds is 5. The second kappa shape index (κ2) is 13.0. The minimum atomic E-state index is -0.563. The van der Waals surface area contributed by atoms with Gasteiger partial charge in [0, 0.05) is 27.7 Å². The first-order valence-corrected chi connectivity index (χ1v) is 21.2. The molecule has 0 saturated heterocycles. The number of para-hydroxylation sites is 5. The Hall–Kier alpha value is -7.94. The predicted octanol–water partition coefficient (Wildman–Crippen LogP) is 15.4. The minimum absolute atomic E-state index is 0.563. The predicted molar refractivity (Wildman–Crippen MR) is 255 cm³/mol. The summed E-state index contributed by atoms with van der Waals surface area (Å²) in [7, 11) is 0. The van der Waals surface area contributed by atoms with Crippen molar-refractivity contribution >= 4 is 49.6 Å². The van der Waals surface area contributed by atoms with Crippen LogP contribution in [0.15, 0.2) is 231 Å². The van der Waals surface area contributed by atoms with Crippen molar-refractivity contribution in [2.24, 2.45) is 0 Å². The van der Waals surface area contributed by atoms with E-state index >= 15 is 0 Å². The van der Waals surface area contributed by atoms with Crippen molar-refractivity contribution in [2.45, 2.75) is 5.41 Å². The average molecular weight is 775 g/mol. The van der Waals surface area contributed by atoms with Crippen molar-refractivity contribution < 1.29 is 0 Å². The van der Waals surface area contributed by atoms with Gasteiger partial charge in [-0.25, -0.2) is 0 Å². The maximum atomic E-state index is 2.53. The molecule has 0 fully saturated rings. The molecular weight excluding hydrogens is 737 g/mol. The molecule has 2 nitrogen and oxygen atoms in total. The molecule has 0 saturated carbocycles. The van der Waals surface area contributed by atoms with Gasteiger partial charge in [-0.15, -0.1) is 0 Å². The highest BCUT2D eigenvalue weighted by Gasteiger charge is 2.51. The summed E-state index contributed by atoms with van der Waals surface area (Å²) < 4.78 is 2.53. The lowest BCUT2D eigenvalue weighted by Crippen LogP contribution is -2.33. The molecular formula is C59H38N2. The van der Waals surface area contributed by atoms with Crippen LogP contribution < -0.4 is 4.90 Å². The van der Waals surface area contributed by atoms with Gasteiger partial charge in [0.1, 0.15) is 0 Å². The lowest BCUT2D eigenvalue weighted by molar-refractivity contribution is 0.749. The Morgan fingerprint density at radius 2 is 1.00 bits per heavy atom. The first-order valence-electron chi connectivity index (χ1n) is 21.2. The standard InChI is InChI=1S/C59H38N2/c1-3-16-39(17-4-1)40-30-34-44(35-31-40)60(43-19-5-2-6-20-43)54-27-12-9-21-45(54)42-32-36-49-53(38-42)59(51-37-33-41-18-7-8-22-46(41)57(49)51)50-25-11-14-29-56(50)61-55-28-13-10-23-47(55)48-24-15-26-52(59)58(48)61/h1-38H. The van der Waals surface area contributed by atoms with Gasteiger partial charge < -0.3 is 9.47 Å². The summed E-state index contributed by atoms with van der Waals surface area (Å²) >= 11 is 0. The molecule has 1 aliphatic carbocycles. The second-order valence-electron chi connectivity index (χ2n) is 16.4. The Bertz CT molecular complexity index is 3530. The Kier molecular flexibility index (Phi) is 7.26. The van der Waals surface area contributed by atoms with Crippen molar-refractivity contribution in [3.63, 3.8) is 0 Å². The minimum Gasteiger partial charge on any atom is -0.310 e. The third kappa shape index (κ3) is 4.73.